The molecular formula is C39H40N2O8. The molecule has 0 saturated carbocycles. The van der Waals surface area contributed by atoms with Crippen molar-refractivity contribution < 1.29 is 38.6 Å². The van der Waals surface area contributed by atoms with E-state index < -0.39 is 47.5 Å². The van der Waals surface area contributed by atoms with Crippen molar-refractivity contribution in [2.45, 2.75) is 65.2 Å². The normalized spacial score (nSPS) is 11.7. The van der Waals surface area contributed by atoms with Gasteiger partial charge >= 0.3 is 23.8 Å². The van der Waals surface area contributed by atoms with E-state index in [1.165, 1.54) is 13.0 Å². The van der Waals surface area contributed by atoms with Gasteiger partial charge in [-0.05, 0) is 67.6 Å². The molecule has 4 aromatic rings. The average Bonchev–Trinajstić information content (AvgIpc) is 3.07. The van der Waals surface area contributed by atoms with Crippen LogP contribution in [0.3, 0.4) is 0 Å². The smallest absolute Gasteiger partial charge is 0.398 e. The number of carboxylic acids is 1. The van der Waals surface area contributed by atoms with Crippen LogP contribution in [0.1, 0.15) is 73.3 Å². The third-order valence-electron chi connectivity index (χ3n) is 7.45. The van der Waals surface area contributed by atoms with Crippen molar-refractivity contribution in [2.24, 2.45) is 0 Å². The quantitative estimate of drug-likeness (QED) is 0.140. The molecule has 1 atom stereocenters. The summed E-state index contributed by atoms with van der Waals surface area (Å²) < 4.78 is 11.6. The summed E-state index contributed by atoms with van der Waals surface area (Å²) in [6.07, 6.45) is -0.421. The Hall–Kier alpha value is -5.77. The fourth-order valence-electron chi connectivity index (χ4n) is 5.31. The van der Waals surface area contributed by atoms with Gasteiger partial charge in [-0.3, -0.25) is 14.5 Å². The lowest BCUT2D eigenvalue weighted by Gasteiger charge is -2.28. The number of hydrogen-bond acceptors (Lipinski definition) is 7. The van der Waals surface area contributed by atoms with Crippen LogP contribution < -0.4 is 10.2 Å². The molecule has 0 unspecified atom stereocenters. The number of esters is 2. The second kappa shape index (κ2) is 15.9. The van der Waals surface area contributed by atoms with Crippen LogP contribution in [0.2, 0.25) is 0 Å². The Morgan fingerprint density at radius 2 is 1.37 bits per heavy atom. The van der Waals surface area contributed by atoms with Gasteiger partial charge in [0.2, 0.25) is 5.91 Å². The minimum Gasteiger partial charge on any atom is -0.480 e. The number of amides is 2. The van der Waals surface area contributed by atoms with Gasteiger partial charge in [0.15, 0.2) is 6.10 Å². The molecule has 0 fully saturated rings. The lowest BCUT2D eigenvalue weighted by atomic mass is 9.99. The fourth-order valence-corrected chi connectivity index (χ4v) is 5.31. The summed E-state index contributed by atoms with van der Waals surface area (Å²) in [6.45, 7) is 8.00. The SMILES string of the molecule is CCc1cc(C[C@H](NC(C)=O)C(=O)O)ccc1N(C(=O)C(=O)OC(C)(C)C)c1ccccc1C(=O)OC(c1ccccc1)c1ccccc1. The van der Waals surface area contributed by atoms with E-state index in [0.717, 1.165) is 16.0 Å². The third-order valence-corrected chi connectivity index (χ3v) is 7.45. The van der Waals surface area contributed by atoms with E-state index in [0.29, 0.717) is 17.5 Å². The number of aryl methyl sites for hydroxylation is 1. The lowest BCUT2D eigenvalue weighted by molar-refractivity contribution is -0.162. The van der Waals surface area contributed by atoms with Crippen LogP contribution in [-0.4, -0.2) is 46.5 Å². The van der Waals surface area contributed by atoms with Gasteiger partial charge in [-0.1, -0.05) is 91.9 Å². The number of ether oxygens (including phenoxy) is 2. The molecule has 0 aromatic heterocycles. The van der Waals surface area contributed by atoms with Crippen molar-refractivity contribution in [1.29, 1.82) is 0 Å². The number of anilines is 2. The van der Waals surface area contributed by atoms with Crippen LogP contribution in [-0.2, 0) is 41.5 Å². The van der Waals surface area contributed by atoms with Gasteiger partial charge in [0.25, 0.3) is 0 Å². The molecule has 0 heterocycles. The summed E-state index contributed by atoms with van der Waals surface area (Å²) >= 11 is 0. The number of hydrogen-bond donors (Lipinski definition) is 2. The predicted octanol–water partition coefficient (Wildman–Crippen LogP) is 6.33. The Morgan fingerprint density at radius 3 is 1.90 bits per heavy atom. The number of benzene rings is 4. The Morgan fingerprint density at radius 1 is 0.796 bits per heavy atom. The number of aliphatic carboxylic acids is 1. The van der Waals surface area contributed by atoms with Gasteiger partial charge in [-0.25, -0.2) is 14.4 Å². The molecule has 4 aromatic carbocycles. The molecule has 0 radical (unpaired) electrons. The number of carbonyl (C=O) groups excluding carboxylic acids is 4. The van der Waals surface area contributed by atoms with Crippen molar-refractivity contribution in [3.63, 3.8) is 0 Å². The number of nitrogens with one attached hydrogen (secondary N) is 1. The second-order valence-corrected chi connectivity index (χ2v) is 12.4. The molecule has 10 nitrogen and oxygen atoms in total. The molecule has 2 amide bonds. The summed E-state index contributed by atoms with van der Waals surface area (Å²) in [7, 11) is 0. The fraction of sp³-hybridized carbons (Fsp3) is 0.256. The molecule has 2 N–H and O–H groups in total. The third kappa shape index (κ3) is 9.41. The molecule has 254 valence electrons. The van der Waals surface area contributed by atoms with E-state index in [2.05, 4.69) is 5.32 Å². The van der Waals surface area contributed by atoms with Gasteiger partial charge in [-0.2, -0.15) is 0 Å². The first-order valence-electron chi connectivity index (χ1n) is 15.9. The summed E-state index contributed by atoms with van der Waals surface area (Å²) in [5.74, 6) is -4.59. The van der Waals surface area contributed by atoms with Crippen LogP contribution >= 0.6 is 0 Å². The first kappa shape index (κ1) is 36.1. The highest BCUT2D eigenvalue weighted by molar-refractivity contribution is 6.40. The highest BCUT2D eigenvalue weighted by Crippen LogP contribution is 2.35. The van der Waals surface area contributed by atoms with Gasteiger partial charge in [-0.15, -0.1) is 0 Å². The largest absolute Gasteiger partial charge is 0.480 e. The van der Waals surface area contributed by atoms with Gasteiger partial charge in [0.1, 0.15) is 11.6 Å². The Labute approximate surface area is 285 Å². The molecule has 0 aliphatic heterocycles. The van der Waals surface area contributed by atoms with Crippen molar-refractivity contribution in [1.82, 2.24) is 5.32 Å². The first-order valence-corrected chi connectivity index (χ1v) is 15.9. The number of nitrogens with zero attached hydrogens (tertiary/aromatic N) is 1. The number of rotatable bonds is 11. The van der Waals surface area contributed by atoms with E-state index in [4.69, 9.17) is 9.47 Å². The molecule has 0 aliphatic carbocycles. The maximum Gasteiger partial charge on any atom is 0.398 e. The van der Waals surface area contributed by atoms with Gasteiger partial charge < -0.3 is 19.9 Å². The Kier molecular flexibility index (Phi) is 11.7. The topological polar surface area (TPSA) is 139 Å². The predicted molar refractivity (Wildman–Crippen MR) is 184 cm³/mol. The standard InChI is InChI=1S/C39H40N2O8/c1-6-27-23-26(24-31(36(44)45)40-25(2)42)21-22-32(27)41(35(43)38(47)49-39(3,4)5)33-20-14-13-19-30(33)37(46)48-34(28-15-9-7-10-16-28)29-17-11-8-12-18-29/h7-23,31,34H,6,24H2,1-5H3,(H,40,42)(H,44,45)/t31-/m0/s1. The van der Waals surface area contributed by atoms with Gasteiger partial charge in [0.05, 0.1) is 16.9 Å². The summed E-state index contributed by atoms with van der Waals surface area (Å²) in [5.41, 5.74) is 2.06. The van der Waals surface area contributed by atoms with Crippen LogP contribution in [0.15, 0.2) is 103 Å². The van der Waals surface area contributed by atoms with Crippen molar-refractivity contribution in [2.75, 3.05) is 4.90 Å². The van der Waals surface area contributed by atoms with E-state index >= 15 is 0 Å². The molecule has 49 heavy (non-hydrogen) atoms. The van der Waals surface area contributed by atoms with Crippen LogP contribution in [0.25, 0.3) is 0 Å². The minimum absolute atomic E-state index is 0.0223. The van der Waals surface area contributed by atoms with Crippen molar-refractivity contribution in [3.8, 4) is 0 Å². The Bertz CT molecular complexity index is 1780. The molecule has 0 bridgehead atoms. The van der Waals surface area contributed by atoms with Crippen LogP contribution in [0.4, 0.5) is 11.4 Å². The van der Waals surface area contributed by atoms with Crippen LogP contribution in [0, 0.1) is 0 Å². The van der Waals surface area contributed by atoms with Crippen molar-refractivity contribution in [3.05, 3.63) is 131 Å². The summed E-state index contributed by atoms with van der Waals surface area (Å²) in [6, 6.07) is 28.6. The number of carboxylic acid groups (broad SMARTS) is 1. The monoisotopic (exact) mass is 664 g/mol. The molecule has 0 aliphatic rings. The number of carbonyl (C=O) groups is 5. The van der Waals surface area contributed by atoms with Gasteiger partial charge in [0, 0.05) is 13.3 Å². The van der Waals surface area contributed by atoms with E-state index in [1.54, 1.807) is 57.2 Å². The molecule has 10 heteroatoms. The zero-order valence-electron chi connectivity index (χ0n) is 28.1. The van der Waals surface area contributed by atoms with E-state index in [9.17, 15) is 29.1 Å². The highest BCUT2D eigenvalue weighted by Gasteiger charge is 2.34. The van der Waals surface area contributed by atoms with E-state index in [1.807, 2.05) is 67.6 Å². The number of para-hydroxylation sites is 1. The average molecular weight is 665 g/mol. The highest BCUT2D eigenvalue weighted by atomic mass is 16.6. The molecule has 0 spiro atoms. The molecule has 0 saturated heterocycles. The minimum atomic E-state index is -1.20. The maximum absolute atomic E-state index is 14.1. The summed E-state index contributed by atoms with van der Waals surface area (Å²) in [5, 5.41) is 12.1. The maximum atomic E-state index is 14.1. The molecule has 4 rings (SSSR count). The van der Waals surface area contributed by atoms with Crippen molar-refractivity contribution >= 4 is 41.1 Å². The first-order chi connectivity index (χ1) is 23.3. The zero-order valence-corrected chi connectivity index (χ0v) is 28.1. The second-order valence-electron chi connectivity index (χ2n) is 12.4. The van der Waals surface area contributed by atoms with Crippen LogP contribution in [0.5, 0.6) is 0 Å². The summed E-state index contributed by atoms with van der Waals surface area (Å²) in [4.78, 5) is 66.1. The van der Waals surface area contributed by atoms with E-state index in [-0.39, 0.29) is 23.4 Å². The zero-order chi connectivity index (χ0) is 35.7. The Balaban J connectivity index is 1.82. The molecular weight excluding hydrogens is 624 g/mol. The lowest BCUT2D eigenvalue weighted by Crippen LogP contribution is -2.41.